The van der Waals surface area contributed by atoms with E-state index in [1.54, 1.807) is 0 Å². The lowest BCUT2D eigenvalue weighted by Gasteiger charge is -2.34. The van der Waals surface area contributed by atoms with Crippen molar-refractivity contribution in [3.05, 3.63) is 27.8 Å². The highest BCUT2D eigenvalue weighted by atomic mass is 16.6. The molecule has 7 heteroatoms. The number of phenolic OH excluding ortho intramolecular Hbond substituents is 2. The van der Waals surface area contributed by atoms with Crippen LogP contribution in [0, 0.1) is 22.0 Å². The number of nitrogens with zero attached hydrogens (tertiary/aromatic N) is 2. The zero-order valence-corrected chi connectivity index (χ0v) is 12.7. The number of piperidine rings is 1. The van der Waals surface area contributed by atoms with Crippen molar-refractivity contribution in [2.75, 3.05) is 19.6 Å². The number of likely N-dealkylation sites (tertiary alicyclic amines) is 1. The Morgan fingerprint density at radius 2 is 1.91 bits per heavy atom. The summed E-state index contributed by atoms with van der Waals surface area (Å²) in [5, 5.41) is 29.8. The molecule has 7 nitrogen and oxygen atoms in total. The Labute approximate surface area is 128 Å². The van der Waals surface area contributed by atoms with Crippen molar-refractivity contribution in [3.8, 4) is 11.5 Å². The maximum absolute atomic E-state index is 12.3. The number of carbonyl (C=O) groups is 1. The van der Waals surface area contributed by atoms with Gasteiger partial charge in [-0.25, -0.2) is 0 Å². The van der Waals surface area contributed by atoms with Crippen LogP contribution in [0.5, 0.6) is 11.5 Å². The van der Waals surface area contributed by atoms with Crippen LogP contribution in [0.25, 0.3) is 0 Å². The van der Waals surface area contributed by atoms with E-state index in [0.29, 0.717) is 11.8 Å². The fraction of sp³-hybridized carbons (Fsp3) is 0.533. The monoisotopic (exact) mass is 308 g/mol. The molecule has 1 aliphatic heterocycles. The zero-order chi connectivity index (χ0) is 16.4. The largest absolute Gasteiger partial charge is 0.504 e. The first-order valence-electron chi connectivity index (χ1n) is 7.23. The molecule has 2 atom stereocenters. The summed E-state index contributed by atoms with van der Waals surface area (Å²) in [6, 6.07) is 2.08. The number of hydrogen-bond donors (Lipinski definition) is 2. The van der Waals surface area contributed by atoms with E-state index >= 15 is 0 Å². The Morgan fingerprint density at radius 1 is 1.32 bits per heavy atom. The predicted molar refractivity (Wildman–Crippen MR) is 80.1 cm³/mol. The summed E-state index contributed by atoms with van der Waals surface area (Å²) in [7, 11) is 0. The molecule has 2 N–H and O–H groups in total. The van der Waals surface area contributed by atoms with E-state index in [9.17, 15) is 25.1 Å². The van der Waals surface area contributed by atoms with E-state index in [-0.39, 0.29) is 17.9 Å². The molecule has 2 rings (SSSR count). The van der Waals surface area contributed by atoms with Crippen LogP contribution in [0.2, 0.25) is 0 Å². The van der Waals surface area contributed by atoms with E-state index < -0.39 is 22.1 Å². The lowest BCUT2D eigenvalue weighted by Crippen LogP contribution is -2.41. The second-order valence-electron chi connectivity index (χ2n) is 6.18. The molecule has 0 amide bonds. The number of hydrogen-bond acceptors (Lipinski definition) is 6. The minimum atomic E-state index is -0.823. The molecule has 1 heterocycles. The molecule has 1 saturated heterocycles. The van der Waals surface area contributed by atoms with E-state index in [1.807, 2.05) is 4.90 Å². The van der Waals surface area contributed by atoms with Crippen LogP contribution in [0.15, 0.2) is 12.1 Å². The maximum Gasteiger partial charge on any atom is 0.315 e. The van der Waals surface area contributed by atoms with Crippen molar-refractivity contribution in [2.45, 2.75) is 20.3 Å². The summed E-state index contributed by atoms with van der Waals surface area (Å²) in [5.74, 6) is -0.780. The molecule has 22 heavy (non-hydrogen) atoms. The van der Waals surface area contributed by atoms with E-state index in [4.69, 9.17) is 0 Å². The molecule has 0 spiro atoms. The third kappa shape index (κ3) is 3.54. The van der Waals surface area contributed by atoms with Crippen LogP contribution >= 0.6 is 0 Å². The van der Waals surface area contributed by atoms with Gasteiger partial charge in [-0.2, -0.15) is 0 Å². The van der Waals surface area contributed by atoms with Crippen molar-refractivity contribution in [2.24, 2.45) is 11.8 Å². The highest BCUT2D eigenvalue weighted by Crippen LogP contribution is 2.36. The zero-order valence-electron chi connectivity index (χ0n) is 12.7. The number of nitro benzene ring substituents is 1. The molecule has 0 aromatic heterocycles. The summed E-state index contributed by atoms with van der Waals surface area (Å²) in [6.45, 7) is 6.02. The SMILES string of the molecule is CC1CC(C)CN(CC(=O)c2cc(O)c(O)c([N+](=O)[O-])c2)C1. The Hall–Kier alpha value is -2.15. The van der Waals surface area contributed by atoms with Crippen molar-refractivity contribution in [1.29, 1.82) is 0 Å². The first-order valence-corrected chi connectivity index (χ1v) is 7.23. The highest BCUT2D eigenvalue weighted by molar-refractivity contribution is 5.99. The van der Waals surface area contributed by atoms with Gasteiger partial charge in [-0.15, -0.1) is 0 Å². The number of phenols is 2. The lowest BCUT2D eigenvalue weighted by molar-refractivity contribution is -0.386. The van der Waals surface area contributed by atoms with Crippen LogP contribution in [0.3, 0.4) is 0 Å². The molecular weight excluding hydrogens is 288 g/mol. The summed E-state index contributed by atoms with van der Waals surface area (Å²) < 4.78 is 0. The topological polar surface area (TPSA) is 104 Å². The second kappa shape index (κ2) is 6.31. The van der Waals surface area contributed by atoms with E-state index in [1.165, 1.54) is 0 Å². The quantitative estimate of drug-likeness (QED) is 0.382. The minimum absolute atomic E-state index is 0.0351. The lowest BCUT2D eigenvalue weighted by atomic mass is 9.91. The third-order valence-corrected chi connectivity index (χ3v) is 3.90. The molecule has 0 saturated carbocycles. The van der Waals surface area contributed by atoms with Crippen molar-refractivity contribution < 1.29 is 19.9 Å². The average molecular weight is 308 g/mol. The summed E-state index contributed by atoms with van der Waals surface area (Å²) in [6.07, 6.45) is 1.12. The van der Waals surface area contributed by atoms with E-state index in [2.05, 4.69) is 13.8 Å². The number of Topliss-reactive ketones (excluding diaryl/α,β-unsaturated/α-hetero) is 1. The van der Waals surface area contributed by atoms with Gasteiger partial charge in [0.05, 0.1) is 11.5 Å². The molecule has 2 unspecified atom stereocenters. The van der Waals surface area contributed by atoms with Crippen molar-refractivity contribution in [3.63, 3.8) is 0 Å². The van der Waals surface area contributed by atoms with Crippen LogP contribution in [-0.2, 0) is 0 Å². The fourth-order valence-corrected chi connectivity index (χ4v) is 3.12. The van der Waals surface area contributed by atoms with Gasteiger partial charge >= 0.3 is 5.69 Å². The van der Waals surface area contributed by atoms with Gasteiger partial charge in [0.25, 0.3) is 0 Å². The molecule has 0 radical (unpaired) electrons. The number of benzene rings is 1. The number of rotatable bonds is 4. The highest BCUT2D eigenvalue weighted by Gasteiger charge is 2.26. The number of nitro groups is 1. The maximum atomic E-state index is 12.3. The van der Waals surface area contributed by atoms with Gasteiger partial charge in [-0.05, 0) is 24.3 Å². The van der Waals surface area contributed by atoms with Gasteiger partial charge in [0, 0.05) is 24.7 Å². The number of carbonyl (C=O) groups excluding carboxylic acids is 1. The van der Waals surface area contributed by atoms with Gasteiger partial charge in [-0.3, -0.25) is 19.8 Å². The molecule has 1 aromatic rings. The Morgan fingerprint density at radius 3 is 2.45 bits per heavy atom. The summed E-state index contributed by atoms with van der Waals surface area (Å²) in [4.78, 5) is 24.3. The summed E-state index contributed by atoms with van der Waals surface area (Å²) in [5.41, 5.74) is -0.628. The molecular formula is C15H20N2O5. The smallest absolute Gasteiger partial charge is 0.315 e. The second-order valence-corrected chi connectivity index (χ2v) is 6.18. The Kier molecular flexibility index (Phi) is 4.65. The van der Waals surface area contributed by atoms with Gasteiger partial charge < -0.3 is 10.2 Å². The van der Waals surface area contributed by atoms with Crippen LogP contribution in [-0.4, -0.2) is 45.5 Å². The number of aromatic hydroxyl groups is 2. The third-order valence-electron chi connectivity index (χ3n) is 3.90. The van der Waals surface area contributed by atoms with Gasteiger partial charge in [0.1, 0.15) is 0 Å². The standard InChI is InChI=1S/C15H20N2O5/c1-9-3-10(2)7-16(6-9)8-14(19)11-4-12(17(21)22)15(20)13(18)5-11/h4-5,9-10,18,20H,3,6-8H2,1-2H3. The molecule has 1 aromatic carbocycles. The fourth-order valence-electron chi connectivity index (χ4n) is 3.12. The first kappa shape index (κ1) is 16.2. The van der Waals surface area contributed by atoms with Crippen LogP contribution in [0.4, 0.5) is 5.69 Å². The predicted octanol–water partition coefficient (Wildman–Crippen LogP) is 2.17. The van der Waals surface area contributed by atoms with Crippen LogP contribution in [0.1, 0.15) is 30.6 Å². The van der Waals surface area contributed by atoms with Gasteiger partial charge in [0.2, 0.25) is 5.75 Å². The minimum Gasteiger partial charge on any atom is -0.504 e. The Bertz CT molecular complexity index is 592. The van der Waals surface area contributed by atoms with E-state index in [0.717, 1.165) is 31.6 Å². The summed E-state index contributed by atoms with van der Waals surface area (Å²) >= 11 is 0. The molecule has 1 fully saturated rings. The average Bonchev–Trinajstić information content (AvgIpc) is 2.39. The van der Waals surface area contributed by atoms with Gasteiger partial charge in [-0.1, -0.05) is 13.8 Å². The normalized spacial score (nSPS) is 22.5. The van der Waals surface area contributed by atoms with Gasteiger partial charge in [0.15, 0.2) is 11.5 Å². The molecule has 0 bridgehead atoms. The van der Waals surface area contributed by atoms with Crippen molar-refractivity contribution >= 4 is 11.5 Å². The first-order chi connectivity index (χ1) is 10.3. The van der Waals surface area contributed by atoms with Crippen molar-refractivity contribution in [1.82, 2.24) is 4.90 Å². The Balaban J connectivity index is 2.17. The number of ketones is 1. The molecule has 120 valence electrons. The molecule has 0 aliphatic carbocycles. The van der Waals surface area contributed by atoms with Crippen LogP contribution < -0.4 is 0 Å². The molecule has 1 aliphatic rings.